The summed E-state index contributed by atoms with van der Waals surface area (Å²) in [6.07, 6.45) is 5.22. The average molecular weight is 405 g/mol. The molecule has 2 heterocycles. The van der Waals surface area contributed by atoms with E-state index in [2.05, 4.69) is 46.6 Å². The lowest BCUT2D eigenvalue weighted by molar-refractivity contribution is -0.144. The van der Waals surface area contributed by atoms with E-state index < -0.39 is 12.0 Å². The van der Waals surface area contributed by atoms with Gasteiger partial charge in [0, 0.05) is 39.7 Å². The number of benzene rings is 1. The van der Waals surface area contributed by atoms with Crippen molar-refractivity contribution in [3.8, 4) is 0 Å². The first kappa shape index (κ1) is 17.1. The lowest BCUT2D eigenvalue weighted by Crippen LogP contribution is -2.39. The molecule has 2 fully saturated rings. The van der Waals surface area contributed by atoms with Crippen LogP contribution in [-0.4, -0.2) is 33.5 Å². The van der Waals surface area contributed by atoms with E-state index in [4.69, 9.17) is 0 Å². The molecule has 0 amide bonds. The van der Waals surface area contributed by atoms with Gasteiger partial charge in [0.15, 0.2) is 0 Å². The number of hydrogen-bond acceptors (Lipinski definition) is 2. The van der Waals surface area contributed by atoms with Gasteiger partial charge in [0.2, 0.25) is 0 Å². The Morgan fingerprint density at radius 2 is 2.12 bits per heavy atom. The van der Waals surface area contributed by atoms with E-state index in [1.54, 1.807) is 0 Å². The minimum atomic E-state index is -0.752. The van der Waals surface area contributed by atoms with Gasteiger partial charge in [-0.05, 0) is 42.2 Å². The summed E-state index contributed by atoms with van der Waals surface area (Å²) in [6.45, 7) is 7.83. The van der Waals surface area contributed by atoms with Gasteiger partial charge in [0.25, 0.3) is 0 Å². The topological polar surface area (TPSA) is 56.3 Å². The molecule has 0 unspecified atom stereocenters. The molecular formula is C20H25BrN2O2. The molecule has 0 spiro atoms. The number of hydrogen-bond donors (Lipinski definition) is 2. The van der Waals surface area contributed by atoms with Crippen LogP contribution in [0.1, 0.15) is 51.6 Å². The van der Waals surface area contributed by atoms with Gasteiger partial charge in [-0.1, -0.05) is 42.8 Å². The highest BCUT2D eigenvalue weighted by atomic mass is 79.9. The second-order valence-corrected chi connectivity index (χ2v) is 9.98. The number of fused-ring (bicyclic) bond motifs is 3. The first-order chi connectivity index (χ1) is 11.7. The average Bonchev–Trinajstić information content (AvgIpc) is 2.97. The predicted molar refractivity (Wildman–Crippen MR) is 103 cm³/mol. The van der Waals surface area contributed by atoms with Crippen LogP contribution in [-0.2, 0) is 4.79 Å². The largest absolute Gasteiger partial charge is 0.480 e. The number of nitrogens with zero attached hydrogens (tertiary/aromatic N) is 1. The van der Waals surface area contributed by atoms with Crippen molar-refractivity contribution < 1.29 is 9.90 Å². The maximum Gasteiger partial charge on any atom is 0.325 e. The van der Waals surface area contributed by atoms with E-state index in [0.717, 1.165) is 40.3 Å². The van der Waals surface area contributed by atoms with Gasteiger partial charge in [0.1, 0.15) is 6.04 Å². The smallest absolute Gasteiger partial charge is 0.325 e. The molecule has 25 heavy (non-hydrogen) atoms. The normalized spacial score (nSPS) is 29.8. The summed E-state index contributed by atoms with van der Waals surface area (Å²) < 4.78 is 0.992. The molecule has 1 saturated carbocycles. The number of aromatic amines is 1. The highest BCUT2D eigenvalue weighted by molar-refractivity contribution is 9.10. The Kier molecular flexibility index (Phi) is 3.82. The molecule has 3 atom stereocenters. The maximum absolute atomic E-state index is 12.3. The van der Waals surface area contributed by atoms with Crippen molar-refractivity contribution in [3.05, 3.63) is 34.4 Å². The number of aromatic nitrogens is 1. The first-order valence-corrected chi connectivity index (χ1v) is 9.72. The summed E-state index contributed by atoms with van der Waals surface area (Å²) in [5, 5.41) is 11.1. The molecule has 1 aromatic heterocycles. The highest BCUT2D eigenvalue weighted by Gasteiger charge is 2.52. The van der Waals surface area contributed by atoms with Gasteiger partial charge in [-0.25, -0.2) is 0 Å². The number of carboxylic acids is 1. The fourth-order valence-electron chi connectivity index (χ4n) is 5.61. The molecule has 134 valence electrons. The Hall–Kier alpha value is -1.33. The summed E-state index contributed by atoms with van der Waals surface area (Å²) in [5.41, 5.74) is 2.35. The monoisotopic (exact) mass is 404 g/mol. The summed E-state index contributed by atoms with van der Waals surface area (Å²) >= 11 is 3.48. The van der Waals surface area contributed by atoms with Crippen LogP contribution in [0.4, 0.5) is 0 Å². The van der Waals surface area contributed by atoms with Crippen molar-refractivity contribution >= 4 is 32.8 Å². The Labute approximate surface area is 156 Å². The fourth-order valence-corrected chi connectivity index (χ4v) is 5.97. The van der Waals surface area contributed by atoms with Crippen LogP contribution in [0.15, 0.2) is 28.9 Å². The number of likely N-dealkylation sites (tertiary alicyclic amines) is 1. The van der Waals surface area contributed by atoms with Crippen molar-refractivity contribution in [1.82, 2.24) is 9.88 Å². The summed E-state index contributed by atoms with van der Waals surface area (Å²) in [4.78, 5) is 17.8. The number of carbonyl (C=O) groups is 1. The molecule has 4 rings (SSSR count). The molecule has 2 aromatic rings. The van der Waals surface area contributed by atoms with Crippen molar-refractivity contribution in [3.63, 3.8) is 0 Å². The SMILES string of the molecule is CC1(C)C[C@@H]2C[C@](C)(CN2[C@H](C(=O)O)c2c[nH]c3cc(Br)ccc23)C1. The van der Waals surface area contributed by atoms with Crippen molar-refractivity contribution in [2.75, 3.05) is 6.54 Å². The molecule has 0 radical (unpaired) electrons. The van der Waals surface area contributed by atoms with Gasteiger partial charge in [-0.3, -0.25) is 9.69 Å². The van der Waals surface area contributed by atoms with Gasteiger partial charge >= 0.3 is 5.97 Å². The van der Waals surface area contributed by atoms with Crippen LogP contribution < -0.4 is 0 Å². The quantitative estimate of drug-likeness (QED) is 0.759. The lowest BCUT2D eigenvalue weighted by atomic mass is 9.65. The second-order valence-electron chi connectivity index (χ2n) is 9.06. The highest BCUT2D eigenvalue weighted by Crippen LogP contribution is 2.54. The summed E-state index contributed by atoms with van der Waals surface area (Å²) in [5.74, 6) is -0.752. The van der Waals surface area contributed by atoms with E-state index >= 15 is 0 Å². The zero-order chi connectivity index (χ0) is 18.0. The molecule has 5 heteroatoms. The molecule has 1 aliphatic carbocycles. The minimum absolute atomic E-state index is 0.218. The zero-order valence-electron chi connectivity index (χ0n) is 15.0. The second kappa shape index (κ2) is 5.58. The summed E-state index contributed by atoms with van der Waals surface area (Å²) in [7, 11) is 0. The molecule has 2 aliphatic rings. The number of carboxylic acid groups (broad SMARTS) is 1. The third-order valence-electron chi connectivity index (χ3n) is 5.99. The predicted octanol–water partition coefficient (Wildman–Crippen LogP) is 4.96. The van der Waals surface area contributed by atoms with Crippen molar-refractivity contribution in [2.45, 2.75) is 52.1 Å². The number of rotatable bonds is 3. The first-order valence-electron chi connectivity index (χ1n) is 8.93. The Balaban J connectivity index is 1.76. The van der Waals surface area contributed by atoms with Crippen LogP contribution in [0.3, 0.4) is 0 Å². The van der Waals surface area contributed by atoms with Gasteiger partial charge < -0.3 is 10.1 Å². The molecule has 2 N–H and O–H groups in total. The molecule has 4 nitrogen and oxygen atoms in total. The van der Waals surface area contributed by atoms with Gasteiger partial charge in [-0.2, -0.15) is 0 Å². The fraction of sp³-hybridized carbons (Fsp3) is 0.550. The van der Waals surface area contributed by atoms with Crippen LogP contribution >= 0.6 is 15.9 Å². The summed E-state index contributed by atoms with van der Waals surface area (Å²) in [6, 6.07) is 5.75. The van der Waals surface area contributed by atoms with Gasteiger partial charge in [-0.15, -0.1) is 0 Å². The molecule has 1 saturated heterocycles. The maximum atomic E-state index is 12.3. The third kappa shape index (κ3) is 2.91. The van der Waals surface area contributed by atoms with E-state index in [1.165, 1.54) is 6.42 Å². The molecule has 1 aromatic carbocycles. The minimum Gasteiger partial charge on any atom is -0.480 e. The van der Waals surface area contributed by atoms with E-state index in [0.29, 0.717) is 6.04 Å². The van der Waals surface area contributed by atoms with Crippen molar-refractivity contribution in [2.24, 2.45) is 10.8 Å². The third-order valence-corrected chi connectivity index (χ3v) is 6.48. The Morgan fingerprint density at radius 1 is 1.36 bits per heavy atom. The van der Waals surface area contributed by atoms with Crippen LogP contribution in [0, 0.1) is 10.8 Å². The standard InChI is InChI=1S/C20H25BrN2O2/c1-19(2)7-13-8-20(3,10-19)11-23(13)17(18(24)25)15-9-22-16-6-12(21)4-5-14(15)16/h4-6,9,13,17,22H,7-8,10-11H2,1-3H3,(H,24,25)/t13-,17+,20+/m1/s1. The van der Waals surface area contributed by atoms with E-state index in [9.17, 15) is 9.90 Å². The molecule has 2 bridgehead atoms. The van der Waals surface area contributed by atoms with E-state index in [1.807, 2.05) is 24.4 Å². The number of aliphatic carboxylic acids is 1. The molecule has 1 aliphatic heterocycles. The lowest BCUT2D eigenvalue weighted by Gasteiger charge is -2.40. The number of halogens is 1. The Morgan fingerprint density at radius 3 is 2.84 bits per heavy atom. The van der Waals surface area contributed by atoms with Crippen LogP contribution in [0.5, 0.6) is 0 Å². The molecular weight excluding hydrogens is 380 g/mol. The zero-order valence-corrected chi connectivity index (χ0v) is 16.6. The Bertz CT molecular complexity index is 843. The van der Waals surface area contributed by atoms with Crippen LogP contribution in [0.25, 0.3) is 10.9 Å². The number of H-pyrrole nitrogens is 1. The van der Waals surface area contributed by atoms with E-state index in [-0.39, 0.29) is 10.8 Å². The van der Waals surface area contributed by atoms with Crippen LogP contribution in [0.2, 0.25) is 0 Å². The number of nitrogens with one attached hydrogen (secondary N) is 1. The van der Waals surface area contributed by atoms with Crippen molar-refractivity contribution in [1.29, 1.82) is 0 Å². The van der Waals surface area contributed by atoms with Gasteiger partial charge in [0.05, 0.1) is 0 Å².